The number of unbranched alkanes of at least 4 members (excludes halogenated alkanes) is 20. The van der Waals surface area contributed by atoms with Gasteiger partial charge in [-0.25, -0.2) is 0 Å². The van der Waals surface area contributed by atoms with Crippen molar-refractivity contribution in [1.29, 1.82) is 0 Å². The van der Waals surface area contributed by atoms with E-state index in [1.165, 1.54) is 205 Å². The molecule has 0 saturated heterocycles. The Morgan fingerprint density at radius 2 is 0.735 bits per heavy atom. The highest BCUT2D eigenvalue weighted by atomic mass is 14.6. The summed E-state index contributed by atoms with van der Waals surface area (Å²) in [4.78, 5) is 0. The Kier molecular flexibility index (Phi) is 33.2. The summed E-state index contributed by atoms with van der Waals surface area (Å²) in [6.07, 6.45) is 82.4. The zero-order chi connectivity index (χ0) is 49.1. The van der Waals surface area contributed by atoms with Gasteiger partial charge in [0, 0.05) is 0 Å². The fourth-order valence-corrected chi connectivity index (χ4v) is 13.6. The topological polar surface area (TPSA) is 0 Å². The van der Waals surface area contributed by atoms with Crippen LogP contribution in [0.25, 0.3) is 0 Å². The van der Waals surface area contributed by atoms with E-state index in [9.17, 15) is 0 Å². The van der Waals surface area contributed by atoms with Crippen molar-refractivity contribution in [3.05, 3.63) is 48.6 Å². The van der Waals surface area contributed by atoms with Gasteiger partial charge in [-0.2, -0.15) is 0 Å². The molecule has 0 aromatic heterocycles. The molecule has 0 nitrogen and oxygen atoms in total. The molecule has 3 rings (SSSR count). The summed E-state index contributed by atoms with van der Waals surface area (Å²) in [5, 5.41) is 0. The average Bonchev–Trinajstić information content (AvgIpc) is 3.68. The minimum atomic E-state index is 0.530. The first kappa shape index (κ1) is 61.3. The lowest BCUT2D eigenvalue weighted by Gasteiger charge is -2.46. The first-order valence-corrected chi connectivity index (χ1v) is 31.6. The van der Waals surface area contributed by atoms with Gasteiger partial charge in [0.2, 0.25) is 0 Å². The number of hydrogen-bond acceptors (Lipinski definition) is 0. The van der Waals surface area contributed by atoms with Crippen LogP contribution in [-0.2, 0) is 0 Å². The number of rotatable bonds is 42. The summed E-state index contributed by atoms with van der Waals surface area (Å²) in [7, 11) is 0. The molecule has 0 unspecified atom stereocenters. The summed E-state index contributed by atoms with van der Waals surface area (Å²) in [5.41, 5.74) is 2.42. The Hall–Kier alpha value is -1.04. The van der Waals surface area contributed by atoms with Gasteiger partial charge in [0.05, 0.1) is 0 Å². The smallest absolute Gasteiger partial charge is 0.0169 e. The molecule has 0 N–H and O–H groups in total. The number of fused-ring (bicyclic) bond motifs is 1. The zero-order valence-electron chi connectivity index (χ0n) is 48.0. The third-order valence-electron chi connectivity index (χ3n) is 19.4. The molecule has 0 amide bonds. The van der Waals surface area contributed by atoms with Gasteiger partial charge < -0.3 is 0 Å². The maximum absolute atomic E-state index is 2.51. The highest BCUT2D eigenvalue weighted by Gasteiger charge is 2.52. The van der Waals surface area contributed by atoms with Crippen LogP contribution < -0.4 is 0 Å². The molecule has 0 aromatic carbocycles. The molecule has 3 fully saturated rings. The van der Waals surface area contributed by atoms with Gasteiger partial charge >= 0.3 is 0 Å². The molecule has 3 saturated carbocycles. The summed E-state index contributed by atoms with van der Waals surface area (Å²) in [5.74, 6) is 4.14. The van der Waals surface area contributed by atoms with Crippen molar-refractivity contribution in [2.75, 3.05) is 0 Å². The van der Waals surface area contributed by atoms with Crippen LogP contribution in [0, 0.1) is 45.3 Å². The van der Waals surface area contributed by atoms with Crippen molar-refractivity contribution in [1.82, 2.24) is 0 Å². The molecular weight excluding hydrogens is 817 g/mol. The van der Waals surface area contributed by atoms with Gasteiger partial charge in [-0.05, 0) is 187 Å². The van der Waals surface area contributed by atoms with E-state index in [-0.39, 0.29) is 0 Å². The van der Waals surface area contributed by atoms with Gasteiger partial charge in [-0.3, -0.25) is 0 Å². The van der Waals surface area contributed by atoms with Crippen molar-refractivity contribution in [2.45, 2.75) is 338 Å². The van der Waals surface area contributed by atoms with Gasteiger partial charge in [0.1, 0.15) is 0 Å². The normalized spacial score (nSPS) is 22.0. The maximum atomic E-state index is 2.51. The molecule has 0 aromatic rings. The molecule has 3 aliphatic rings. The van der Waals surface area contributed by atoms with Crippen LogP contribution in [0.4, 0.5) is 0 Å². The first-order chi connectivity index (χ1) is 33.0. The van der Waals surface area contributed by atoms with E-state index in [4.69, 9.17) is 0 Å². The summed E-state index contributed by atoms with van der Waals surface area (Å²) in [6, 6.07) is 0. The van der Waals surface area contributed by atoms with Crippen molar-refractivity contribution >= 4 is 0 Å². The van der Waals surface area contributed by atoms with Crippen LogP contribution in [0.5, 0.6) is 0 Å². The first-order valence-electron chi connectivity index (χ1n) is 31.6. The van der Waals surface area contributed by atoms with E-state index in [0.717, 1.165) is 36.5 Å². The van der Waals surface area contributed by atoms with Crippen LogP contribution in [0.1, 0.15) is 338 Å². The molecule has 396 valence electrons. The van der Waals surface area contributed by atoms with Crippen LogP contribution in [0.2, 0.25) is 0 Å². The molecule has 3 aliphatic carbocycles. The second-order valence-electron chi connectivity index (χ2n) is 26.1. The Balaban J connectivity index is 1.48. The van der Waals surface area contributed by atoms with E-state index in [1.54, 1.807) is 64.2 Å². The lowest BCUT2D eigenvalue weighted by Crippen LogP contribution is -2.33. The molecule has 0 heteroatoms. The molecule has 4 atom stereocenters. The van der Waals surface area contributed by atoms with Crippen molar-refractivity contribution in [2.24, 2.45) is 45.3 Å². The molecule has 0 radical (unpaired) electrons. The summed E-state index contributed by atoms with van der Waals surface area (Å²) >= 11 is 0. The standard InChI is InChI=1S/C68H124/c1-9-13-15-17-19-21-23-25-27-29-31-33-35-37-39-43-51-67(52-44-40-38-36-34-32-30-28-26-24-22-20-18-16-14-10-2)53-55-68(56-54-67)59-63-57-61(47-41-45-49-65(5,6)11-3)62(58-64(63)60-68)48-42-46-50-66(7,8)12-4/h19-22,25-28,61-64H,9-18,23-24,29-60H2,1-8H3/b21-19-,22-20-,27-25-,28-26-/t61-,62+,63-,64-/m1/s1. The Morgan fingerprint density at radius 3 is 1.10 bits per heavy atom. The van der Waals surface area contributed by atoms with Gasteiger partial charge in [-0.15, -0.1) is 0 Å². The van der Waals surface area contributed by atoms with E-state index in [0.29, 0.717) is 21.7 Å². The fraction of sp³-hybridized carbons (Fsp3) is 0.882. The Morgan fingerprint density at radius 1 is 0.382 bits per heavy atom. The number of allylic oxidation sites excluding steroid dienone is 8. The van der Waals surface area contributed by atoms with E-state index >= 15 is 0 Å². The van der Waals surface area contributed by atoms with Crippen LogP contribution in [0.3, 0.4) is 0 Å². The maximum Gasteiger partial charge on any atom is -0.0169 e. The minimum absolute atomic E-state index is 0.530. The van der Waals surface area contributed by atoms with E-state index < -0.39 is 0 Å². The molecule has 0 aliphatic heterocycles. The summed E-state index contributed by atoms with van der Waals surface area (Å²) < 4.78 is 0. The Bertz CT molecular complexity index is 1200. The minimum Gasteiger partial charge on any atom is -0.0882 e. The average molecular weight is 942 g/mol. The highest BCUT2D eigenvalue weighted by molar-refractivity contribution is 5.03. The second kappa shape index (κ2) is 36.8. The molecule has 68 heavy (non-hydrogen) atoms. The van der Waals surface area contributed by atoms with Gasteiger partial charge in [0.25, 0.3) is 0 Å². The van der Waals surface area contributed by atoms with Crippen molar-refractivity contribution in [3.8, 4) is 0 Å². The molecule has 0 heterocycles. The SMILES string of the molecule is CCCCC/C=C\C/C=C\CCCCCCCCC1(CCCCCCCC/C=C\C/C=C\CCCCC)CCC2(CC1)C[C@H]1C[C@@H](CCCCC(C)(C)CC)[C@@H](CCCCC(C)(C)CC)C[C@@H]1C2. The van der Waals surface area contributed by atoms with Gasteiger partial charge in [0.15, 0.2) is 0 Å². The molecule has 0 bridgehead atoms. The quantitative estimate of drug-likeness (QED) is 0.0423. The van der Waals surface area contributed by atoms with E-state index in [2.05, 4.69) is 104 Å². The molecule has 1 spiro atoms. The van der Waals surface area contributed by atoms with Crippen molar-refractivity contribution < 1.29 is 0 Å². The Labute approximate surface area is 429 Å². The third kappa shape index (κ3) is 27.1. The second-order valence-corrected chi connectivity index (χ2v) is 26.1. The third-order valence-corrected chi connectivity index (χ3v) is 19.4. The lowest BCUT2D eigenvalue weighted by atomic mass is 9.59. The van der Waals surface area contributed by atoms with E-state index in [1.807, 2.05) is 0 Å². The van der Waals surface area contributed by atoms with Gasteiger partial charge in [-0.1, -0.05) is 245 Å². The lowest BCUT2D eigenvalue weighted by molar-refractivity contribution is 0.0568. The molecular formula is C68H124. The van der Waals surface area contributed by atoms with Crippen LogP contribution in [-0.4, -0.2) is 0 Å². The van der Waals surface area contributed by atoms with Crippen molar-refractivity contribution in [3.63, 3.8) is 0 Å². The predicted octanol–water partition coefficient (Wildman–Crippen LogP) is 24.0. The number of hydrogen-bond donors (Lipinski definition) is 0. The predicted molar refractivity (Wildman–Crippen MR) is 309 cm³/mol. The van der Waals surface area contributed by atoms with Crippen LogP contribution >= 0.6 is 0 Å². The zero-order valence-corrected chi connectivity index (χ0v) is 48.0. The largest absolute Gasteiger partial charge is 0.0882 e. The fourth-order valence-electron chi connectivity index (χ4n) is 13.6. The highest BCUT2D eigenvalue weighted by Crippen LogP contribution is 2.63. The summed E-state index contributed by atoms with van der Waals surface area (Å²) in [6.45, 7) is 19.4. The monoisotopic (exact) mass is 941 g/mol. The van der Waals surface area contributed by atoms with Crippen LogP contribution in [0.15, 0.2) is 48.6 Å².